The van der Waals surface area contributed by atoms with Crippen LogP contribution in [0.15, 0.2) is 6.07 Å². The van der Waals surface area contributed by atoms with Crippen molar-refractivity contribution >= 4 is 29.2 Å². The number of anilines is 1. The Kier molecular flexibility index (Phi) is 3.47. The molecule has 1 heterocycles. The maximum absolute atomic E-state index is 11.9. The molecule has 1 radical (unpaired) electrons. The highest BCUT2D eigenvalue weighted by Crippen LogP contribution is 2.43. The van der Waals surface area contributed by atoms with E-state index in [2.05, 4.69) is 15.4 Å². The molecular formula is C12H11N2O6. The second-order valence-corrected chi connectivity index (χ2v) is 3.75. The van der Waals surface area contributed by atoms with E-state index in [4.69, 9.17) is 9.47 Å². The Morgan fingerprint density at radius 1 is 1.20 bits per heavy atom. The van der Waals surface area contributed by atoms with Gasteiger partial charge >= 0.3 is 17.8 Å². The van der Waals surface area contributed by atoms with E-state index in [1.165, 1.54) is 27.4 Å². The van der Waals surface area contributed by atoms with Crippen molar-refractivity contribution in [2.75, 3.05) is 26.6 Å². The monoisotopic (exact) mass is 279 g/mol. The molecule has 105 valence electrons. The molecule has 0 saturated heterocycles. The third-order valence-electron chi connectivity index (χ3n) is 2.69. The molecule has 0 bridgehead atoms. The molecule has 0 atom stereocenters. The lowest BCUT2D eigenvalue weighted by Gasteiger charge is -2.21. The lowest BCUT2D eigenvalue weighted by molar-refractivity contribution is -0.135. The largest absolute Gasteiger partial charge is 0.493 e. The normalized spacial score (nSPS) is 12.9. The van der Waals surface area contributed by atoms with Crippen LogP contribution in [0.25, 0.3) is 0 Å². The standard InChI is InChI=1S/C12H11N2O6/c1-18-6-4-5-8(14-11(16)10(15)13-5)7(9(6)19-2)12(17)20-3/h4H,1-3H3,(H,13,15). The number of ether oxygens (including phenoxy) is 3. The molecule has 1 aromatic rings. The number of methoxy groups -OCH3 is 3. The van der Waals surface area contributed by atoms with E-state index >= 15 is 0 Å². The van der Waals surface area contributed by atoms with Gasteiger partial charge in [0.15, 0.2) is 11.5 Å². The van der Waals surface area contributed by atoms with Gasteiger partial charge in [0.25, 0.3) is 0 Å². The zero-order valence-electron chi connectivity index (χ0n) is 11.0. The molecular weight excluding hydrogens is 268 g/mol. The van der Waals surface area contributed by atoms with E-state index in [1.807, 2.05) is 0 Å². The van der Waals surface area contributed by atoms with Crippen LogP contribution < -0.4 is 20.1 Å². The zero-order valence-corrected chi connectivity index (χ0v) is 11.0. The number of benzene rings is 1. The first-order chi connectivity index (χ1) is 9.53. The Balaban J connectivity index is 2.73. The van der Waals surface area contributed by atoms with Crippen molar-refractivity contribution in [3.05, 3.63) is 11.6 Å². The summed E-state index contributed by atoms with van der Waals surface area (Å²) >= 11 is 0. The predicted molar refractivity (Wildman–Crippen MR) is 66.3 cm³/mol. The minimum Gasteiger partial charge on any atom is -0.493 e. The minimum absolute atomic E-state index is 0.0147. The number of carbonyl (C=O) groups excluding carboxylic acids is 3. The Hall–Kier alpha value is -2.77. The van der Waals surface area contributed by atoms with Crippen LogP contribution in [0.1, 0.15) is 10.4 Å². The van der Waals surface area contributed by atoms with Crippen LogP contribution in [0.5, 0.6) is 11.5 Å². The zero-order chi connectivity index (χ0) is 14.9. The summed E-state index contributed by atoms with van der Waals surface area (Å²) < 4.78 is 14.8. The Labute approximate surface area is 114 Å². The van der Waals surface area contributed by atoms with E-state index in [1.54, 1.807) is 0 Å². The lowest BCUT2D eigenvalue weighted by Crippen LogP contribution is -2.34. The predicted octanol–water partition coefficient (Wildman–Crippen LogP) is 0.205. The molecule has 1 aliphatic rings. The first kappa shape index (κ1) is 13.7. The van der Waals surface area contributed by atoms with Crippen molar-refractivity contribution in [3.8, 4) is 11.5 Å². The second-order valence-electron chi connectivity index (χ2n) is 3.75. The summed E-state index contributed by atoms with van der Waals surface area (Å²) in [6, 6.07) is 1.41. The van der Waals surface area contributed by atoms with Crippen molar-refractivity contribution in [3.63, 3.8) is 0 Å². The van der Waals surface area contributed by atoms with Crippen LogP contribution in [0.3, 0.4) is 0 Å². The minimum atomic E-state index is -1.00. The van der Waals surface area contributed by atoms with Gasteiger partial charge in [-0.05, 0) is 0 Å². The topological polar surface area (TPSA) is 105 Å². The van der Waals surface area contributed by atoms with Crippen molar-refractivity contribution in [1.82, 2.24) is 5.32 Å². The van der Waals surface area contributed by atoms with Crippen LogP contribution in [-0.4, -0.2) is 39.1 Å². The smallest absolute Gasteiger partial charge is 0.344 e. The van der Waals surface area contributed by atoms with Crippen molar-refractivity contribution in [1.29, 1.82) is 0 Å². The van der Waals surface area contributed by atoms with Gasteiger partial charge in [-0.25, -0.2) is 10.1 Å². The molecule has 8 heteroatoms. The van der Waals surface area contributed by atoms with Crippen LogP contribution in [-0.2, 0) is 14.3 Å². The molecule has 1 N–H and O–H groups in total. The highest BCUT2D eigenvalue weighted by Gasteiger charge is 2.33. The fraction of sp³-hybridized carbons (Fsp3) is 0.250. The highest BCUT2D eigenvalue weighted by atomic mass is 16.5. The van der Waals surface area contributed by atoms with Gasteiger partial charge in [-0.3, -0.25) is 9.59 Å². The van der Waals surface area contributed by atoms with E-state index in [9.17, 15) is 14.4 Å². The Morgan fingerprint density at radius 2 is 1.90 bits per heavy atom. The third-order valence-corrected chi connectivity index (χ3v) is 2.69. The third kappa shape index (κ3) is 2.00. The number of rotatable bonds is 3. The lowest BCUT2D eigenvalue weighted by atomic mass is 10.1. The number of hydrogen-bond acceptors (Lipinski definition) is 6. The van der Waals surface area contributed by atoms with Gasteiger partial charge in [0.1, 0.15) is 11.3 Å². The van der Waals surface area contributed by atoms with Crippen LogP contribution in [0.4, 0.5) is 11.4 Å². The summed E-state index contributed by atoms with van der Waals surface area (Å²) in [7, 11) is 3.88. The average molecular weight is 279 g/mol. The van der Waals surface area contributed by atoms with Gasteiger partial charge in [-0.2, -0.15) is 0 Å². The molecule has 0 aliphatic carbocycles. The van der Waals surface area contributed by atoms with Gasteiger partial charge in [0.2, 0.25) is 0 Å². The SMILES string of the molecule is COC(=O)c1c2c(cc(OC)c1OC)NC(=O)C(=O)[N]2. The second kappa shape index (κ2) is 5.08. The quantitative estimate of drug-likeness (QED) is 0.626. The summed E-state index contributed by atoms with van der Waals surface area (Å²) in [5, 5.41) is 5.92. The summed E-state index contributed by atoms with van der Waals surface area (Å²) in [5.41, 5.74) is 0.0736. The Bertz CT molecular complexity index is 610. The van der Waals surface area contributed by atoms with Gasteiger partial charge in [0.05, 0.1) is 27.0 Å². The molecule has 1 aliphatic heterocycles. The summed E-state index contributed by atoms with van der Waals surface area (Å²) in [5.74, 6) is -2.37. The van der Waals surface area contributed by atoms with E-state index in [0.717, 1.165) is 0 Å². The van der Waals surface area contributed by atoms with E-state index in [0.29, 0.717) is 0 Å². The van der Waals surface area contributed by atoms with Crippen molar-refractivity contribution in [2.45, 2.75) is 0 Å². The number of fused-ring (bicyclic) bond motifs is 1. The molecule has 1 aromatic carbocycles. The first-order valence-electron chi connectivity index (χ1n) is 5.47. The van der Waals surface area contributed by atoms with Crippen LogP contribution in [0.2, 0.25) is 0 Å². The molecule has 0 unspecified atom stereocenters. The van der Waals surface area contributed by atoms with Crippen molar-refractivity contribution < 1.29 is 28.6 Å². The summed E-state index contributed by atoms with van der Waals surface area (Å²) in [4.78, 5) is 34.6. The fourth-order valence-corrected chi connectivity index (χ4v) is 1.82. The van der Waals surface area contributed by atoms with Gasteiger partial charge in [0, 0.05) is 6.07 Å². The summed E-state index contributed by atoms with van der Waals surface area (Å²) in [6.45, 7) is 0. The number of amides is 2. The van der Waals surface area contributed by atoms with E-state index < -0.39 is 17.8 Å². The molecule has 0 saturated carbocycles. The van der Waals surface area contributed by atoms with Gasteiger partial charge in [-0.1, -0.05) is 0 Å². The van der Waals surface area contributed by atoms with Gasteiger partial charge in [-0.15, -0.1) is 0 Å². The molecule has 2 amide bonds. The van der Waals surface area contributed by atoms with Crippen molar-refractivity contribution in [2.24, 2.45) is 0 Å². The number of hydrogen-bond donors (Lipinski definition) is 1. The van der Waals surface area contributed by atoms with Gasteiger partial charge < -0.3 is 19.5 Å². The number of nitrogens with one attached hydrogen (secondary N) is 1. The maximum atomic E-state index is 11.9. The Morgan fingerprint density at radius 3 is 2.45 bits per heavy atom. The molecule has 0 aromatic heterocycles. The molecule has 0 spiro atoms. The first-order valence-corrected chi connectivity index (χ1v) is 5.47. The number of esters is 1. The molecule has 20 heavy (non-hydrogen) atoms. The average Bonchev–Trinajstić information content (AvgIpc) is 2.45. The fourth-order valence-electron chi connectivity index (χ4n) is 1.82. The molecule has 0 fully saturated rings. The summed E-state index contributed by atoms with van der Waals surface area (Å²) in [6.07, 6.45) is 0. The van der Waals surface area contributed by atoms with Crippen LogP contribution in [0, 0.1) is 0 Å². The maximum Gasteiger partial charge on any atom is 0.344 e. The molecule has 2 rings (SSSR count). The highest BCUT2D eigenvalue weighted by molar-refractivity contribution is 6.43. The van der Waals surface area contributed by atoms with Crippen LogP contribution >= 0.6 is 0 Å². The number of carbonyl (C=O) groups is 3. The van der Waals surface area contributed by atoms with E-state index in [-0.39, 0.29) is 28.4 Å². The molecule has 8 nitrogen and oxygen atoms in total. The number of nitrogens with zero attached hydrogens (tertiary/aromatic N) is 1.